The largest absolute Gasteiger partial charge is 0.484 e. The second-order valence-electron chi connectivity index (χ2n) is 6.73. The Hall–Kier alpha value is -1.06. The number of rotatable bonds is 9. The first kappa shape index (κ1) is 27.2. The van der Waals surface area contributed by atoms with E-state index in [0.29, 0.717) is 0 Å². The normalized spacial score (nSPS) is 27.4. The minimum atomic E-state index is -5.87. The molecule has 1 aromatic rings. The van der Waals surface area contributed by atoms with E-state index in [1.54, 1.807) is 0 Å². The lowest BCUT2D eigenvalue weighted by molar-refractivity contribution is -0.0466. The van der Waals surface area contributed by atoms with Gasteiger partial charge in [-0.3, -0.25) is 23.4 Å². The Kier molecular flexibility index (Phi) is 7.90. The highest BCUT2D eigenvalue weighted by molar-refractivity contribution is 7.62. The highest BCUT2D eigenvalue weighted by Crippen LogP contribution is 2.66. The fourth-order valence-electron chi connectivity index (χ4n) is 2.44. The minimum absolute atomic E-state index is 0.0898. The van der Waals surface area contributed by atoms with Crippen molar-refractivity contribution in [3.8, 4) is 0 Å². The maximum atomic E-state index is 13.7. The summed E-state index contributed by atoms with van der Waals surface area (Å²) in [7, 11) is -17.1. The molecule has 1 aliphatic heterocycles. The zero-order chi connectivity index (χ0) is 24.7. The maximum Gasteiger partial charge on any atom is 0.484 e. The van der Waals surface area contributed by atoms with Gasteiger partial charge in [-0.1, -0.05) is 0 Å². The predicted molar refractivity (Wildman–Crippen MR) is 99.9 cm³/mol. The summed E-state index contributed by atoms with van der Waals surface area (Å²) in [5, 5.41) is 10.0. The molecule has 1 saturated heterocycles. The van der Waals surface area contributed by atoms with Crippen LogP contribution in [-0.2, 0) is 31.8 Å². The summed E-state index contributed by atoms with van der Waals surface area (Å²) in [5.74, 6) is 0. The van der Waals surface area contributed by atoms with E-state index in [1.807, 2.05) is 4.98 Å². The SMILES string of the molecule is Cc1cn([C@H]2C[C@H](O)[C@@H](COP(=O)(O)OP(=O)(O)OC(C)(F)P(=O)(O)O)O2)c(=O)[nH]c1=O. The van der Waals surface area contributed by atoms with Crippen LogP contribution in [0.2, 0.25) is 0 Å². The molecule has 6 N–H and O–H groups in total. The fraction of sp³-hybridized carbons (Fsp3) is 0.667. The molecule has 0 aliphatic carbocycles. The number of aromatic amines is 1. The highest BCUT2D eigenvalue weighted by Gasteiger charge is 2.52. The first-order valence-corrected chi connectivity index (χ1v) is 13.1. The van der Waals surface area contributed by atoms with Gasteiger partial charge in [-0.15, -0.1) is 0 Å². The van der Waals surface area contributed by atoms with Gasteiger partial charge in [0.05, 0.1) is 12.7 Å². The third-order valence-corrected chi connectivity index (χ3v) is 8.05. The Bertz CT molecular complexity index is 1110. The predicted octanol–water partition coefficient (Wildman–Crippen LogP) is -0.435. The summed E-state index contributed by atoms with van der Waals surface area (Å²) in [6.45, 7) is 0.560. The van der Waals surface area contributed by atoms with E-state index in [0.717, 1.165) is 10.8 Å². The van der Waals surface area contributed by atoms with Gasteiger partial charge in [-0.2, -0.15) is 8.70 Å². The molecule has 2 heterocycles. The molecule has 0 spiro atoms. The molecular formula is C12H20FN2O14P3. The standard InChI is InChI=1S/C12H20FN2O14P3/c1-6-4-15(11(18)14-10(6)17)9-3-7(16)8(27-9)5-26-31(22,23)29-32(24,25)28-12(2,13)30(19,20)21/h4,7-9,16H,3,5H2,1-2H3,(H,22,23)(H,24,25)(H,14,17,18)(H2,19,20,21)/t7-,8+,9+,12?/m0/s1. The molecule has 0 amide bonds. The van der Waals surface area contributed by atoms with Crippen molar-refractivity contribution in [2.24, 2.45) is 0 Å². The molecule has 6 atom stereocenters. The fourth-order valence-corrected chi connectivity index (χ4v) is 5.29. The average molecular weight is 528 g/mol. The Morgan fingerprint density at radius 3 is 2.41 bits per heavy atom. The molecule has 20 heteroatoms. The zero-order valence-corrected chi connectivity index (χ0v) is 19.0. The van der Waals surface area contributed by atoms with Crippen molar-refractivity contribution >= 4 is 23.2 Å². The van der Waals surface area contributed by atoms with Crippen molar-refractivity contribution in [3.63, 3.8) is 0 Å². The number of aliphatic hydroxyl groups excluding tert-OH is 1. The summed E-state index contributed by atoms with van der Waals surface area (Å²) in [5.41, 5.74) is -5.36. The van der Waals surface area contributed by atoms with Crippen LogP contribution in [0.5, 0.6) is 0 Å². The molecule has 0 saturated carbocycles. The van der Waals surface area contributed by atoms with Crippen LogP contribution in [0, 0.1) is 6.92 Å². The third kappa shape index (κ3) is 6.73. The second-order valence-corrected chi connectivity index (χ2v) is 11.6. The maximum absolute atomic E-state index is 13.7. The number of alkyl halides is 1. The van der Waals surface area contributed by atoms with Crippen LogP contribution in [0.4, 0.5) is 4.39 Å². The molecular weight excluding hydrogens is 508 g/mol. The number of aliphatic hydroxyl groups is 1. The number of hydrogen-bond acceptors (Lipinski definition) is 10. The number of aromatic nitrogens is 2. The number of ether oxygens (including phenoxy) is 1. The molecule has 1 aromatic heterocycles. The molecule has 0 aromatic carbocycles. The van der Waals surface area contributed by atoms with E-state index in [4.69, 9.17) is 14.5 Å². The van der Waals surface area contributed by atoms with Crippen LogP contribution in [0.1, 0.15) is 25.1 Å². The number of nitrogens with one attached hydrogen (secondary N) is 1. The monoisotopic (exact) mass is 528 g/mol. The van der Waals surface area contributed by atoms with Crippen LogP contribution in [-0.4, -0.2) is 58.6 Å². The smallest absolute Gasteiger partial charge is 0.390 e. The first-order valence-electron chi connectivity index (χ1n) is 8.46. The van der Waals surface area contributed by atoms with Crippen LogP contribution in [0.15, 0.2) is 15.8 Å². The summed E-state index contributed by atoms with van der Waals surface area (Å²) in [6.07, 6.45) is -2.87. The number of hydrogen-bond donors (Lipinski definition) is 6. The Morgan fingerprint density at radius 1 is 1.25 bits per heavy atom. The number of phosphoric acid groups is 2. The van der Waals surface area contributed by atoms with Gasteiger partial charge < -0.3 is 29.4 Å². The van der Waals surface area contributed by atoms with Gasteiger partial charge in [0.1, 0.15) is 12.3 Å². The van der Waals surface area contributed by atoms with Crippen molar-refractivity contribution in [1.29, 1.82) is 0 Å². The number of nitrogens with zero attached hydrogens (tertiary/aromatic N) is 1. The zero-order valence-electron chi connectivity index (χ0n) is 16.3. The highest BCUT2D eigenvalue weighted by atomic mass is 31.3. The molecule has 32 heavy (non-hydrogen) atoms. The van der Waals surface area contributed by atoms with Gasteiger partial charge in [0.25, 0.3) is 5.56 Å². The van der Waals surface area contributed by atoms with Gasteiger partial charge in [-0.25, -0.2) is 18.4 Å². The van der Waals surface area contributed by atoms with Crippen molar-refractivity contribution in [2.75, 3.05) is 6.61 Å². The lowest BCUT2D eigenvalue weighted by atomic mass is 10.2. The van der Waals surface area contributed by atoms with Crippen molar-refractivity contribution < 1.29 is 60.9 Å². The Labute approximate surface area is 177 Å². The van der Waals surface area contributed by atoms with Crippen molar-refractivity contribution in [2.45, 2.75) is 44.3 Å². The average Bonchev–Trinajstić information content (AvgIpc) is 2.94. The van der Waals surface area contributed by atoms with E-state index in [2.05, 4.69) is 13.4 Å². The van der Waals surface area contributed by atoms with Gasteiger partial charge in [0.2, 0.25) is 0 Å². The van der Waals surface area contributed by atoms with E-state index < -0.39 is 65.1 Å². The molecule has 184 valence electrons. The van der Waals surface area contributed by atoms with Crippen LogP contribution in [0.25, 0.3) is 0 Å². The second kappa shape index (κ2) is 9.29. The third-order valence-electron chi connectivity index (χ3n) is 4.07. The van der Waals surface area contributed by atoms with Crippen LogP contribution < -0.4 is 11.2 Å². The molecule has 3 unspecified atom stereocenters. The van der Waals surface area contributed by atoms with E-state index >= 15 is 0 Å². The Balaban J connectivity index is 2.03. The van der Waals surface area contributed by atoms with E-state index in [1.165, 1.54) is 6.92 Å². The summed E-state index contributed by atoms with van der Waals surface area (Å²) in [6, 6.07) is 0. The number of aryl methyl sites for hydroxylation is 1. The molecule has 1 aliphatic rings. The summed E-state index contributed by atoms with van der Waals surface area (Å²) in [4.78, 5) is 61.7. The minimum Gasteiger partial charge on any atom is -0.390 e. The lowest BCUT2D eigenvalue weighted by Gasteiger charge is -2.25. The van der Waals surface area contributed by atoms with Crippen LogP contribution >= 0.6 is 23.2 Å². The van der Waals surface area contributed by atoms with Crippen molar-refractivity contribution in [1.82, 2.24) is 9.55 Å². The molecule has 2 rings (SSSR count). The van der Waals surface area contributed by atoms with Gasteiger partial charge in [-0.05, 0) is 6.92 Å². The number of halogens is 1. The topological polar surface area (TPSA) is 244 Å². The van der Waals surface area contributed by atoms with E-state index in [9.17, 15) is 42.6 Å². The molecule has 0 radical (unpaired) electrons. The quantitative estimate of drug-likeness (QED) is 0.223. The van der Waals surface area contributed by atoms with Gasteiger partial charge in [0, 0.05) is 25.1 Å². The first-order chi connectivity index (χ1) is 14.3. The lowest BCUT2D eigenvalue weighted by Crippen LogP contribution is -2.33. The number of H-pyrrole nitrogens is 1. The van der Waals surface area contributed by atoms with Gasteiger partial charge in [0.15, 0.2) is 0 Å². The van der Waals surface area contributed by atoms with Crippen LogP contribution in [0.3, 0.4) is 0 Å². The summed E-state index contributed by atoms with van der Waals surface area (Å²) < 4.78 is 66.2. The number of phosphoric ester groups is 2. The molecule has 1 fully saturated rings. The van der Waals surface area contributed by atoms with E-state index in [-0.39, 0.29) is 18.9 Å². The van der Waals surface area contributed by atoms with Gasteiger partial charge >= 0.3 is 34.5 Å². The summed E-state index contributed by atoms with van der Waals surface area (Å²) >= 11 is 0. The molecule has 0 bridgehead atoms. The van der Waals surface area contributed by atoms with Crippen molar-refractivity contribution in [3.05, 3.63) is 32.6 Å². The molecule has 16 nitrogen and oxygen atoms in total. The Morgan fingerprint density at radius 2 is 1.84 bits per heavy atom.